The van der Waals surface area contributed by atoms with E-state index in [0.717, 1.165) is 17.8 Å². The molecule has 1 aromatic carbocycles. The number of rotatable bonds is 4. The Balaban J connectivity index is 0. The normalized spacial score (nSPS) is 10.4. The molecule has 9 heteroatoms. The van der Waals surface area contributed by atoms with Gasteiger partial charge in [0, 0.05) is 12.6 Å². The first-order valence-electron chi connectivity index (χ1n) is 4.80. The van der Waals surface area contributed by atoms with Gasteiger partial charge >= 0.3 is 51.4 Å². The smallest absolute Gasteiger partial charge is 1.00 e. The maximum atomic E-state index is 11.4. The molecule has 0 saturated heterocycles. The molecular formula is C10H12KNO5S2. The third kappa shape index (κ3) is 7.56. The fraction of sp³-hybridized carbons (Fsp3) is 0.200. The summed E-state index contributed by atoms with van der Waals surface area (Å²) in [6, 6.07) is 5.20. The van der Waals surface area contributed by atoms with E-state index in [1.807, 2.05) is 0 Å². The Morgan fingerprint density at radius 1 is 1.42 bits per heavy atom. The van der Waals surface area contributed by atoms with Crippen LogP contribution >= 0.6 is 11.8 Å². The zero-order valence-corrected chi connectivity index (χ0v) is 15.2. The Labute approximate surface area is 159 Å². The van der Waals surface area contributed by atoms with E-state index in [1.165, 1.54) is 25.1 Å². The molecule has 0 aromatic heterocycles. The van der Waals surface area contributed by atoms with Gasteiger partial charge in [-0.05, 0) is 18.2 Å². The predicted octanol–water partition coefficient (Wildman–Crippen LogP) is -1.73. The van der Waals surface area contributed by atoms with Gasteiger partial charge in [0.2, 0.25) is 5.91 Å². The standard InChI is InChI=1S/C10H11NO5S2.K.H/c1-7(12)17-6-10(13)11-8-3-2-4-9(5-8)18(14,15)16;;/h2-5H,6H2,1H3,(H,11,13)(H,14,15,16);;/q;+1;-1. The van der Waals surface area contributed by atoms with Gasteiger partial charge in [0.15, 0.2) is 5.12 Å². The Bertz CT molecular complexity index is 579. The number of nitrogens with one attached hydrogen (secondary N) is 1. The average molecular weight is 329 g/mol. The first kappa shape index (κ1) is 19.3. The second kappa shape index (κ2) is 8.52. The summed E-state index contributed by atoms with van der Waals surface area (Å²) in [4.78, 5) is 21.7. The molecule has 1 amide bonds. The summed E-state index contributed by atoms with van der Waals surface area (Å²) in [7, 11) is -4.30. The van der Waals surface area contributed by atoms with Gasteiger partial charge in [-0.25, -0.2) is 0 Å². The molecule has 0 atom stereocenters. The van der Waals surface area contributed by atoms with E-state index in [-0.39, 0.29) is 74.3 Å². The van der Waals surface area contributed by atoms with Crippen LogP contribution in [0.4, 0.5) is 5.69 Å². The molecule has 1 aromatic rings. The summed E-state index contributed by atoms with van der Waals surface area (Å²) in [6.07, 6.45) is 0. The van der Waals surface area contributed by atoms with E-state index in [0.29, 0.717) is 0 Å². The van der Waals surface area contributed by atoms with Gasteiger partial charge in [-0.1, -0.05) is 17.8 Å². The second-order valence-electron chi connectivity index (χ2n) is 3.33. The molecule has 0 saturated carbocycles. The van der Waals surface area contributed by atoms with Crippen LogP contribution in [-0.4, -0.2) is 29.7 Å². The minimum atomic E-state index is -4.30. The molecule has 0 bridgehead atoms. The molecule has 6 nitrogen and oxygen atoms in total. The minimum absolute atomic E-state index is 0. The third-order valence-electron chi connectivity index (χ3n) is 1.82. The zero-order valence-electron chi connectivity index (χ0n) is 11.4. The number of benzene rings is 1. The summed E-state index contributed by atoms with van der Waals surface area (Å²) >= 11 is 0.850. The van der Waals surface area contributed by atoms with Crippen LogP contribution in [0.1, 0.15) is 8.35 Å². The van der Waals surface area contributed by atoms with Crippen molar-refractivity contribution in [3.8, 4) is 0 Å². The molecule has 19 heavy (non-hydrogen) atoms. The van der Waals surface area contributed by atoms with Crippen molar-refractivity contribution < 1.29 is 75.4 Å². The van der Waals surface area contributed by atoms with Gasteiger partial charge in [0.1, 0.15) is 0 Å². The molecule has 2 N–H and O–H groups in total. The number of hydrogen-bond acceptors (Lipinski definition) is 5. The molecule has 0 unspecified atom stereocenters. The van der Waals surface area contributed by atoms with Crippen LogP contribution in [0.25, 0.3) is 0 Å². The molecule has 100 valence electrons. The minimum Gasteiger partial charge on any atom is -1.00 e. The van der Waals surface area contributed by atoms with Gasteiger partial charge < -0.3 is 6.74 Å². The Morgan fingerprint density at radius 2 is 2.05 bits per heavy atom. The van der Waals surface area contributed by atoms with E-state index in [4.69, 9.17) is 4.55 Å². The van der Waals surface area contributed by atoms with Crippen LogP contribution in [0, 0.1) is 0 Å². The molecule has 0 heterocycles. The van der Waals surface area contributed by atoms with Crippen molar-refractivity contribution >= 4 is 38.6 Å². The molecule has 0 aliphatic rings. The Morgan fingerprint density at radius 3 is 2.58 bits per heavy atom. The van der Waals surface area contributed by atoms with Crippen molar-refractivity contribution in [2.24, 2.45) is 0 Å². The van der Waals surface area contributed by atoms with Crippen molar-refractivity contribution in [1.29, 1.82) is 0 Å². The predicted molar refractivity (Wildman–Crippen MR) is 69.1 cm³/mol. The SMILES string of the molecule is CC(=O)SCC(=O)Nc1cccc(S(=O)(=O)O)c1.[H-].[K+]. The van der Waals surface area contributed by atoms with Crippen molar-refractivity contribution in [1.82, 2.24) is 0 Å². The van der Waals surface area contributed by atoms with Crippen LogP contribution in [-0.2, 0) is 19.7 Å². The van der Waals surface area contributed by atoms with E-state index >= 15 is 0 Å². The summed E-state index contributed by atoms with van der Waals surface area (Å²) in [5.74, 6) is -0.478. The first-order chi connectivity index (χ1) is 8.29. The van der Waals surface area contributed by atoms with Crippen molar-refractivity contribution in [2.45, 2.75) is 11.8 Å². The van der Waals surface area contributed by atoms with Crippen LogP contribution in [0.3, 0.4) is 0 Å². The largest absolute Gasteiger partial charge is 1.00 e. The molecule has 1 rings (SSSR count). The van der Waals surface area contributed by atoms with E-state index in [1.54, 1.807) is 0 Å². The number of carbonyl (C=O) groups excluding carboxylic acids is 2. The maximum Gasteiger partial charge on any atom is 1.00 e. The fourth-order valence-corrected chi connectivity index (χ4v) is 2.03. The number of carbonyl (C=O) groups is 2. The van der Waals surface area contributed by atoms with Crippen LogP contribution in [0.15, 0.2) is 29.2 Å². The monoisotopic (exact) mass is 329 g/mol. The first-order valence-corrected chi connectivity index (χ1v) is 7.22. The molecule has 0 aliphatic carbocycles. The summed E-state index contributed by atoms with van der Waals surface area (Å²) in [5, 5.41) is 2.24. The molecule has 0 radical (unpaired) electrons. The number of amides is 1. The number of anilines is 1. The van der Waals surface area contributed by atoms with Crippen molar-refractivity contribution in [2.75, 3.05) is 11.1 Å². The fourth-order valence-electron chi connectivity index (χ4n) is 1.10. The van der Waals surface area contributed by atoms with Crippen molar-refractivity contribution in [3.05, 3.63) is 24.3 Å². The summed E-state index contributed by atoms with van der Waals surface area (Å²) < 4.78 is 30.6. The van der Waals surface area contributed by atoms with Gasteiger partial charge in [-0.3, -0.25) is 14.1 Å². The van der Waals surface area contributed by atoms with Gasteiger partial charge in [0.25, 0.3) is 10.1 Å². The van der Waals surface area contributed by atoms with Gasteiger partial charge in [0.05, 0.1) is 10.6 Å². The molecule has 0 spiro atoms. The van der Waals surface area contributed by atoms with E-state index < -0.39 is 16.0 Å². The second-order valence-corrected chi connectivity index (χ2v) is 5.91. The van der Waals surface area contributed by atoms with Gasteiger partial charge in [-0.2, -0.15) is 8.42 Å². The molecular weight excluding hydrogens is 317 g/mol. The van der Waals surface area contributed by atoms with Crippen LogP contribution < -0.4 is 56.7 Å². The maximum absolute atomic E-state index is 11.4. The van der Waals surface area contributed by atoms with Crippen LogP contribution in [0.2, 0.25) is 0 Å². The van der Waals surface area contributed by atoms with Gasteiger partial charge in [-0.15, -0.1) is 0 Å². The zero-order chi connectivity index (χ0) is 13.8. The van der Waals surface area contributed by atoms with Crippen molar-refractivity contribution in [3.63, 3.8) is 0 Å². The Kier molecular flexibility index (Phi) is 8.64. The number of thioether (sulfide) groups is 1. The van der Waals surface area contributed by atoms with E-state index in [2.05, 4.69) is 5.32 Å². The summed E-state index contributed by atoms with van der Waals surface area (Å²) in [6.45, 7) is 1.34. The average Bonchev–Trinajstić information content (AvgIpc) is 2.25. The quantitative estimate of drug-likeness (QED) is 0.503. The molecule has 0 fully saturated rings. The Hall–Kier alpha value is 0.256. The van der Waals surface area contributed by atoms with E-state index in [9.17, 15) is 18.0 Å². The molecule has 0 aliphatic heterocycles. The topological polar surface area (TPSA) is 101 Å². The summed E-state index contributed by atoms with van der Waals surface area (Å²) in [5.41, 5.74) is 0.235. The number of hydrogen-bond donors (Lipinski definition) is 2. The van der Waals surface area contributed by atoms with Crippen LogP contribution in [0.5, 0.6) is 0 Å². The third-order valence-corrected chi connectivity index (χ3v) is 3.48.